The van der Waals surface area contributed by atoms with Gasteiger partial charge in [0.25, 0.3) is 0 Å². The van der Waals surface area contributed by atoms with E-state index >= 15 is 0 Å². The van der Waals surface area contributed by atoms with Crippen LogP contribution in [-0.4, -0.2) is 35.3 Å². The van der Waals surface area contributed by atoms with Gasteiger partial charge in [0.2, 0.25) is 11.8 Å². The van der Waals surface area contributed by atoms with Crippen molar-refractivity contribution in [2.24, 2.45) is 0 Å². The zero-order chi connectivity index (χ0) is 18.5. The maximum Gasteiger partial charge on any atom is 0.573 e. The number of carboxylic acids is 1. The van der Waals surface area contributed by atoms with Gasteiger partial charge in [-0.3, -0.25) is 9.59 Å². The predicted octanol–water partition coefficient (Wildman–Crippen LogP) is 1.68. The van der Waals surface area contributed by atoms with E-state index < -0.39 is 35.9 Å². The Kier molecular flexibility index (Phi) is 6.15. The Hall–Kier alpha value is -2.78. The molecule has 3 N–H and O–H groups in total. The lowest BCUT2D eigenvalue weighted by atomic mass is 10.0. The number of rotatable bonds is 6. The van der Waals surface area contributed by atoms with Crippen LogP contribution in [-0.2, 0) is 20.8 Å². The Morgan fingerprint density at radius 2 is 1.83 bits per heavy atom. The molecular formula is C14H15F3N2O5. The van der Waals surface area contributed by atoms with Gasteiger partial charge < -0.3 is 20.5 Å². The molecule has 10 heteroatoms. The second-order valence-electron chi connectivity index (χ2n) is 4.85. The SMILES string of the molecule is CC(=O)Nc1ccc(C[C@@H](NC(C)=O)C(=O)O)cc1OC(F)(F)F. The van der Waals surface area contributed by atoms with Crippen LogP contribution in [0, 0.1) is 0 Å². The van der Waals surface area contributed by atoms with E-state index in [9.17, 15) is 27.6 Å². The largest absolute Gasteiger partial charge is 0.573 e. The summed E-state index contributed by atoms with van der Waals surface area (Å²) in [5, 5.41) is 13.4. The van der Waals surface area contributed by atoms with E-state index in [0.717, 1.165) is 26.0 Å². The Morgan fingerprint density at radius 1 is 1.21 bits per heavy atom. The molecule has 0 aliphatic heterocycles. The summed E-state index contributed by atoms with van der Waals surface area (Å²) in [5.41, 5.74) is -0.0421. The number of carbonyl (C=O) groups excluding carboxylic acids is 2. The fraction of sp³-hybridized carbons (Fsp3) is 0.357. The van der Waals surface area contributed by atoms with E-state index in [1.165, 1.54) is 6.07 Å². The quantitative estimate of drug-likeness (QED) is 0.725. The van der Waals surface area contributed by atoms with E-state index in [1.54, 1.807) is 0 Å². The summed E-state index contributed by atoms with van der Waals surface area (Å²) in [6.07, 6.45) is -5.25. The van der Waals surface area contributed by atoms with Crippen LogP contribution in [0.15, 0.2) is 18.2 Å². The normalized spacial score (nSPS) is 12.2. The van der Waals surface area contributed by atoms with Crippen molar-refractivity contribution in [2.45, 2.75) is 32.7 Å². The molecule has 0 aliphatic rings. The smallest absolute Gasteiger partial charge is 0.480 e. The van der Waals surface area contributed by atoms with Crippen molar-refractivity contribution in [1.29, 1.82) is 0 Å². The number of anilines is 1. The highest BCUT2D eigenvalue weighted by Crippen LogP contribution is 2.31. The number of alkyl halides is 3. The molecule has 0 fully saturated rings. The van der Waals surface area contributed by atoms with E-state index in [2.05, 4.69) is 15.4 Å². The molecule has 24 heavy (non-hydrogen) atoms. The van der Waals surface area contributed by atoms with Crippen LogP contribution in [0.4, 0.5) is 18.9 Å². The lowest BCUT2D eigenvalue weighted by Crippen LogP contribution is -2.41. The third-order valence-corrected chi connectivity index (χ3v) is 2.70. The molecule has 0 spiro atoms. The van der Waals surface area contributed by atoms with Crippen LogP contribution in [0.2, 0.25) is 0 Å². The van der Waals surface area contributed by atoms with E-state index in [1.807, 2.05) is 0 Å². The molecule has 1 aromatic carbocycles. The highest BCUT2D eigenvalue weighted by atomic mass is 19.4. The number of carboxylic acid groups (broad SMARTS) is 1. The Labute approximate surface area is 134 Å². The zero-order valence-electron chi connectivity index (χ0n) is 12.7. The molecule has 7 nitrogen and oxygen atoms in total. The van der Waals surface area contributed by atoms with Crippen LogP contribution in [0.5, 0.6) is 5.75 Å². The lowest BCUT2D eigenvalue weighted by molar-refractivity contribution is -0.274. The van der Waals surface area contributed by atoms with Crippen molar-refractivity contribution in [1.82, 2.24) is 5.32 Å². The maximum absolute atomic E-state index is 12.5. The first-order valence-electron chi connectivity index (χ1n) is 6.64. The summed E-state index contributed by atoms with van der Waals surface area (Å²) in [7, 11) is 0. The first-order chi connectivity index (χ1) is 11.0. The van der Waals surface area contributed by atoms with Crippen LogP contribution < -0.4 is 15.4 Å². The van der Waals surface area contributed by atoms with Crippen molar-refractivity contribution >= 4 is 23.5 Å². The summed E-state index contributed by atoms with van der Waals surface area (Å²) in [5.74, 6) is -3.21. The van der Waals surface area contributed by atoms with Crippen LogP contribution in [0.25, 0.3) is 0 Å². The molecule has 1 rings (SSSR count). The highest BCUT2D eigenvalue weighted by Gasteiger charge is 2.32. The van der Waals surface area contributed by atoms with E-state index in [-0.39, 0.29) is 17.7 Å². The van der Waals surface area contributed by atoms with Gasteiger partial charge in [-0.05, 0) is 17.7 Å². The minimum atomic E-state index is -4.99. The number of nitrogens with one attached hydrogen (secondary N) is 2. The molecule has 0 heterocycles. The number of aliphatic carboxylic acids is 1. The van der Waals surface area contributed by atoms with Crippen LogP contribution in [0.1, 0.15) is 19.4 Å². The summed E-state index contributed by atoms with van der Waals surface area (Å²) in [6.45, 7) is 2.23. The molecule has 0 radical (unpaired) electrons. The van der Waals surface area contributed by atoms with Crippen molar-refractivity contribution in [2.75, 3.05) is 5.32 Å². The van der Waals surface area contributed by atoms with Gasteiger partial charge in [-0.1, -0.05) is 6.07 Å². The third kappa shape index (κ3) is 6.55. The third-order valence-electron chi connectivity index (χ3n) is 2.70. The van der Waals surface area contributed by atoms with Crippen LogP contribution in [0.3, 0.4) is 0 Å². The lowest BCUT2D eigenvalue weighted by Gasteiger charge is -2.17. The molecule has 132 valence electrons. The summed E-state index contributed by atoms with van der Waals surface area (Å²) >= 11 is 0. The molecule has 0 bridgehead atoms. The topological polar surface area (TPSA) is 105 Å². The Balaban J connectivity index is 3.11. The zero-order valence-corrected chi connectivity index (χ0v) is 12.7. The summed E-state index contributed by atoms with van der Waals surface area (Å²) in [4.78, 5) is 33.1. The summed E-state index contributed by atoms with van der Waals surface area (Å²) < 4.78 is 41.2. The van der Waals surface area contributed by atoms with Gasteiger partial charge in [-0.25, -0.2) is 4.79 Å². The number of hydrogen-bond acceptors (Lipinski definition) is 4. The first-order valence-corrected chi connectivity index (χ1v) is 6.64. The molecule has 2 amide bonds. The number of hydrogen-bond donors (Lipinski definition) is 3. The molecular weight excluding hydrogens is 333 g/mol. The molecule has 0 aliphatic carbocycles. The fourth-order valence-corrected chi connectivity index (χ4v) is 1.88. The maximum atomic E-state index is 12.5. The summed E-state index contributed by atoms with van der Waals surface area (Å²) in [6, 6.07) is 2.13. The molecule has 1 atom stereocenters. The monoisotopic (exact) mass is 348 g/mol. The molecule has 0 saturated heterocycles. The second-order valence-corrected chi connectivity index (χ2v) is 4.85. The van der Waals surface area contributed by atoms with Crippen molar-refractivity contribution in [3.8, 4) is 5.75 Å². The van der Waals surface area contributed by atoms with Crippen molar-refractivity contribution < 1.29 is 37.4 Å². The van der Waals surface area contributed by atoms with Gasteiger partial charge in [0.05, 0.1) is 5.69 Å². The Morgan fingerprint density at radius 3 is 2.29 bits per heavy atom. The number of ether oxygens (including phenoxy) is 1. The number of benzene rings is 1. The van der Waals surface area contributed by atoms with Crippen LogP contribution >= 0.6 is 0 Å². The average molecular weight is 348 g/mol. The minimum Gasteiger partial charge on any atom is -0.480 e. The molecule has 0 aromatic heterocycles. The van der Waals surface area contributed by atoms with Gasteiger partial charge in [-0.2, -0.15) is 0 Å². The average Bonchev–Trinajstić information content (AvgIpc) is 2.38. The van der Waals surface area contributed by atoms with Gasteiger partial charge in [0.1, 0.15) is 6.04 Å². The van der Waals surface area contributed by atoms with Crippen molar-refractivity contribution in [3.05, 3.63) is 23.8 Å². The minimum absolute atomic E-state index is 0.171. The number of halogens is 3. The van der Waals surface area contributed by atoms with E-state index in [4.69, 9.17) is 5.11 Å². The Bertz CT molecular complexity index is 646. The number of amides is 2. The van der Waals surface area contributed by atoms with Gasteiger partial charge in [0.15, 0.2) is 5.75 Å². The number of carbonyl (C=O) groups is 3. The molecule has 0 unspecified atom stereocenters. The van der Waals surface area contributed by atoms with Crippen molar-refractivity contribution in [3.63, 3.8) is 0 Å². The molecule has 1 aromatic rings. The first kappa shape index (κ1) is 19.3. The highest BCUT2D eigenvalue weighted by molar-refractivity contribution is 5.90. The second kappa shape index (κ2) is 7.66. The standard InChI is InChI=1S/C14H15F3N2O5/c1-7(20)18-10-4-3-9(6-12(10)24-14(15,16)17)5-11(13(22)23)19-8(2)21/h3-4,6,11H,5H2,1-2H3,(H,18,20)(H,19,21)(H,22,23)/t11-/m1/s1. The van der Waals surface area contributed by atoms with Gasteiger partial charge in [0, 0.05) is 20.3 Å². The predicted molar refractivity (Wildman–Crippen MR) is 76.4 cm³/mol. The molecule has 0 saturated carbocycles. The van der Waals surface area contributed by atoms with Gasteiger partial charge in [-0.15, -0.1) is 13.2 Å². The van der Waals surface area contributed by atoms with E-state index in [0.29, 0.717) is 0 Å². The van der Waals surface area contributed by atoms with Gasteiger partial charge >= 0.3 is 12.3 Å². The fourth-order valence-electron chi connectivity index (χ4n) is 1.88.